The average molecular weight is 266 g/mol. The molecular weight excluding hydrogens is 244 g/mol. The Balaban J connectivity index is 2.44. The molecule has 1 aromatic carbocycles. The third kappa shape index (κ3) is 5.85. The van der Waals surface area contributed by atoms with Crippen LogP contribution in [-0.2, 0) is 14.3 Å². The van der Waals surface area contributed by atoms with Crippen LogP contribution in [0.4, 0.5) is 0 Å². The van der Waals surface area contributed by atoms with Crippen LogP contribution in [0.25, 0.3) is 0 Å². The van der Waals surface area contributed by atoms with Crippen LogP contribution >= 0.6 is 0 Å². The molecule has 0 aromatic heterocycles. The fourth-order valence-electron chi connectivity index (χ4n) is 1.93. The van der Waals surface area contributed by atoms with Crippen LogP contribution in [0.1, 0.15) is 29.9 Å². The van der Waals surface area contributed by atoms with Crippen molar-refractivity contribution in [1.82, 2.24) is 0 Å². The molecule has 0 aliphatic carbocycles. The standard InChI is InChI=1S/C15H22O4/c1-12-5-3-6-13(11-12)14(15(16)17)7-10-19-9-4-8-18-2/h3,5-6,11,14H,4,7-10H2,1-2H3,(H,16,17). The van der Waals surface area contributed by atoms with E-state index in [1.54, 1.807) is 7.11 Å². The van der Waals surface area contributed by atoms with Crippen LogP contribution in [0.3, 0.4) is 0 Å². The molecule has 0 aliphatic heterocycles. The van der Waals surface area contributed by atoms with Crippen molar-refractivity contribution in [2.75, 3.05) is 26.9 Å². The zero-order valence-corrected chi connectivity index (χ0v) is 11.6. The maximum atomic E-state index is 11.3. The van der Waals surface area contributed by atoms with Crippen molar-refractivity contribution in [2.24, 2.45) is 0 Å². The van der Waals surface area contributed by atoms with Crippen LogP contribution in [0, 0.1) is 6.92 Å². The SMILES string of the molecule is COCCCOCCC(C(=O)O)c1cccc(C)c1. The van der Waals surface area contributed by atoms with E-state index in [0.29, 0.717) is 26.2 Å². The number of hydrogen-bond acceptors (Lipinski definition) is 3. The van der Waals surface area contributed by atoms with Crippen LogP contribution < -0.4 is 0 Å². The third-order valence-corrected chi connectivity index (χ3v) is 2.93. The minimum atomic E-state index is -0.800. The Hall–Kier alpha value is -1.39. The highest BCUT2D eigenvalue weighted by molar-refractivity contribution is 5.76. The normalized spacial score (nSPS) is 12.3. The zero-order valence-electron chi connectivity index (χ0n) is 11.6. The van der Waals surface area contributed by atoms with Gasteiger partial charge in [0.15, 0.2) is 0 Å². The van der Waals surface area contributed by atoms with Crippen molar-refractivity contribution in [3.8, 4) is 0 Å². The Kier molecular flexibility index (Phi) is 7.15. The first-order valence-electron chi connectivity index (χ1n) is 6.51. The van der Waals surface area contributed by atoms with Gasteiger partial charge in [0, 0.05) is 26.9 Å². The number of rotatable bonds is 9. The fourth-order valence-corrected chi connectivity index (χ4v) is 1.93. The van der Waals surface area contributed by atoms with Gasteiger partial charge in [0.2, 0.25) is 0 Å². The maximum Gasteiger partial charge on any atom is 0.311 e. The van der Waals surface area contributed by atoms with E-state index in [1.165, 1.54) is 0 Å². The Morgan fingerprint density at radius 1 is 1.32 bits per heavy atom. The molecular formula is C15H22O4. The highest BCUT2D eigenvalue weighted by Gasteiger charge is 2.19. The van der Waals surface area contributed by atoms with Gasteiger partial charge in [0.05, 0.1) is 5.92 Å². The minimum Gasteiger partial charge on any atom is -0.481 e. The van der Waals surface area contributed by atoms with Gasteiger partial charge in [-0.2, -0.15) is 0 Å². The van der Waals surface area contributed by atoms with Crippen molar-refractivity contribution in [1.29, 1.82) is 0 Å². The summed E-state index contributed by atoms with van der Waals surface area (Å²) in [6.45, 7) is 3.69. The molecule has 1 rings (SSSR count). The van der Waals surface area contributed by atoms with E-state index in [2.05, 4.69) is 0 Å². The Bertz CT molecular complexity index is 389. The molecule has 0 aliphatic rings. The summed E-state index contributed by atoms with van der Waals surface area (Å²) >= 11 is 0. The molecule has 19 heavy (non-hydrogen) atoms. The summed E-state index contributed by atoms with van der Waals surface area (Å²) in [5.41, 5.74) is 1.91. The van der Waals surface area contributed by atoms with E-state index in [1.807, 2.05) is 31.2 Å². The lowest BCUT2D eigenvalue weighted by Crippen LogP contribution is -2.14. The molecule has 0 spiro atoms. The first-order chi connectivity index (χ1) is 9.15. The molecule has 0 saturated carbocycles. The third-order valence-electron chi connectivity index (χ3n) is 2.93. The summed E-state index contributed by atoms with van der Waals surface area (Å²) < 4.78 is 10.3. The van der Waals surface area contributed by atoms with Gasteiger partial charge in [-0.05, 0) is 25.3 Å². The van der Waals surface area contributed by atoms with Crippen LogP contribution in [-0.4, -0.2) is 38.0 Å². The van der Waals surface area contributed by atoms with Crippen LogP contribution in [0.2, 0.25) is 0 Å². The zero-order chi connectivity index (χ0) is 14.1. The number of carboxylic acids is 1. The smallest absolute Gasteiger partial charge is 0.311 e. The lowest BCUT2D eigenvalue weighted by molar-refractivity contribution is -0.139. The average Bonchev–Trinajstić information content (AvgIpc) is 2.37. The van der Waals surface area contributed by atoms with Gasteiger partial charge in [0.25, 0.3) is 0 Å². The molecule has 1 unspecified atom stereocenters. The molecule has 0 amide bonds. The summed E-state index contributed by atoms with van der Waals surface area (Å²) in [5, 5.41) is 9.28. The van der Waals surface area contributed by atoms with Crippen molar-refractivity contribution in [2.45, 2.75) is 25.7 Å². The van der Waals surface area contributed by atoms with Crippen molar-refractivity contribution in [3.63, 3.8) is 0 Å². The number of aliphatic carboxylic acids is 1. The maximum absolute atomic E-state index is 11.3. The predicted molar refractivity (Wildman–Crippen MR) is 73.5 cm³/mol. The van der Waals surface area contributed by atoms with Gasteiger partial charge in [-0.15, -0.1) is 0 Å². The number of ether oxygens (including phenoxy) is 2. The van der Waals surface area contributed by atoms with Gasteiger partial charge in [-0.1, -0.05) is 29.8 Å². The van der Waals surface area contributed by atoms with E-state index in [9.17, 15) is 9.90 Å². The Morgan fingerprint density at radius 2 is 2.11 bits per heavy atom. The number of aryl methyl sites for hydroxylation is 1. The second-order valence-corrected chi connectivity index (χ2v) is 4.55. The molecule has 0 radical (unpaired) electrons. The minimum absolute atomic E-state index is 0.453. The number of carboxylic acid groups (broad SMARTS) is 1. The summed E-state index contributed by atoms with van der Waals surface area (Å²) in [7, 11) is 1.65. The summed E-state index contributed by atoms with van der Waals surface area (Å²) in [6.07, 6.45) is 1.32. The number of hydrogen-bond donors (Lipinski definition) is 1. The van der Waals surface area contributed by atoms with Crippen molar-refractivity contribution >= 4 is 5.97 Å². The fraction of sp³-hybridized carbons (Fsp3) is 0.533. The molecule has 1 atom stereocenters. The van der Waals surface area contributed by atoms with E-state index < -0.39 is 11.9 Å². The molecule has 0 heterocycles. The summed E-state index contributed by atoms with van der Waals surface area (Å²) in [6, 6.07) is 7.63. The summed E-state index contributed by atoms with van der Waals surface area (Å²) in [4.78, 5) is 11.3. The van der Waals surface area contributed by atoms with Gasteiger partial charge in [-0.3, -0.25) is 4.79 Å². The van der Waals surface area contributed by atoms with Gasteiger partial charge in [0.1, 0.15) is 0 Å². The highest BCUT2D eigenvalue weighted by atomic mass is 16.5. The Labute approximate surface area is 114 Å². The molecule has 4 heteroatoms. The quantitative estimate of drug-likeness (QED) is 0.698. The summed E-state index contributed by atoms with van der Waals surface area (Å²) in [5.74, 6) is -1.30. The van der Waals surface area contributed by atoms with E-state index in [0.717, 1.165) is 17.5 Å². The van der Waals surface area contributed by atoms with Gasteiger partial charge >= 0.3 is 5.97 Å². The lowest BCUT2D eigenvalue weighted by Gasteiger charge is -2.13. The molecule has 1 N–H and O–H groups in total. The van der Waals surface area contributed by atoms with Gasteiger partial charge < -0.3 is 14.6 Å². The number of carbonyl (C=O) groups is 1. The second-order valence-electron chi connectivity index (χ2n) is 4.55. The Morgan fingerprint density at radius 3 is 2.74 bits per heavy atom. The van der Waals surface area contributed by atoms with E-state index >= 15 is 0 Å². The van der Waals surface area contributed by atoms with E-state index in [-0.39, 0.29) is 0 Å². The first-order valence-corrected chi connectivity index (χ1v) is 6.51. The highest BCUT2D eigenvalue weighted by Crippen LogP contribution is 2.21. The predicted octanol–water partition coefficient (Wildman–Crippen LogP) is 2.61. The molecule has 0 fully saturated rings. The second kappa shape index (κ2) is 8.67. The largest absolute Gasteiger partial charge is 0.481 e. The topological polar surface area (TPSA) is 55.8 Å². The number of methoxy groups -OCH3 is 1. The molecule has 1 aromatic rings. The molecule has 0 bridgehead atoms. The van der Waals surface area contributed by atoms with Crippen LogP contribution in [0.5, 0.6) is 0 Å². The first kappa shape index (κ1) is 15.7. The molecule has 0 saturated heterocycles. The van der Waals surface area contributed by atoms with Crippen molar-refractivity contribution in [3.05, 3.63) is 35.4 Å². The van der Waals surface area contributed by atoms with Crippen molar-refractivity contribution < 1.29 is 19.4 Å². The van der Waals surface area contributed by atoms with Crippen LogP contribution in [0.15, 0.2) is 24.3 Å². The molecule has 4 nitrogen and oxygen atoms in total. The lowest BCUT2D eigenvalue weighted by atomic mass is 9.95. The van der Waals surface area contributed by atoms with Gasteiger partial charge in [-0.25, -0.2) is 0 Å². The van der Waals surface area contributed by atoms with E-state index in [4.69, 9.17) is 9.47 Å². The monoisotopic (exact) mass is 266 g/mol. The number of benzene rings is 1. The molecule has 106 valence electrons.